The lowest BCUT2D eigenvalue weighted by Crippen LogP contribution is -1.96. The van der Waals surface area contributed by atoms with Crippen LogP contribution >= 0.6 is 31.9 Å². The summed E-state index contributed by atoms with van der Waals surface area (Å²) in [4.78, 5) is 21.8. The van der Waals surface area contributed by atoms with Crippen molar-refractivity contribution in [3.63, 3.8) is 0 Å². The molecule has 2 rings (SSSR count). The van der Waals surface area contributed by atoms with Gasteiger partial charge in [0.2, 0.25) is 5.75 Å². The van der Waals surface area contributed by atoms with E-state index in [0.717, 1.165) is 0 Å². The molecule has 0 aliphatic carbocycles. The maximum absolute atomic E-state index is 11.3. The summed E-state index contributed by atoms with van der Waals surface area (Å²) in [6.45, 7) is 1.46. The van der Waals surface area contributed by atoms with E-state index >= 15 is 0 Å². The Hall–Kier alpha value is -1.73. The molecule has 0 aliphatic rings. The molecule has 0 unspecified atom stereocenters. The van der Waals surface area contributed by atoms with Crippen LogP contribution in [0, 0.1) is 10.1 Å². The number of Topliss-reactive ketones (excluding diaryl/α,β-unsaturated/α-hetero) is 1. The second-order valence-corrected chi connectivity index (χ2v) is 5.86. The van der Waals surface area contributed by atoms with E-state index in [-0.39, 0.29) is 17.2 Å². The standard InChI is InChI=1S/C14H9Br2NO4/c1-8(18)9-5-6-13(11(16)7-9)21-14-10(15)3-2-4-12(14)17(19)20/h2-7H,1H3. The van der Waals surface area contributed by atoms with Crippen LogP contribution in [0.25, 0.3) is 0 Å². The second-order valence-electron chi connectivity index (χ2n) is 4.15. The second kappa shape index (κ2) is 6.36. The monoisotopic (exact) mass is 413 g/mol. The molecule has 0 amide bonds. The van der Waals surface area contributed by atoms with Crippen LogP contribution in [-0.4, -0.2) is 10.7 Å². The molecule has 0 N–H and O–H groups in total. The van der Waals surface area contributed by atoms with Gasteiger partial charge in [-0.3, -0.25) is 14.9 Å². The first-order valence-corrected chi connectivity index (χ1v) is 7.40. The van der Waals surface area contributed by atoms with Gasteiger partial charge in [-0.15, -0.1) is 0 Å². The van der Waals surface area contributed by atoms with Gasteiger partial charge in [-0.1, -0.05) is 6.07 Å². The van der Waals surface area contributed by atoms with E-state index in [1.54, 1.807) is 30.3 Å². The summed E-state index contributed by atoms with van der Waals surface area (Å²) in [5.74, 6) is 0.419. The summed E-state index contributed by atoms with van der Waals surface area (Å²) in [6, 6.07) is 9.37. The molecule has 7 heteroatoms. The van der Waals surface area contributed by atoms with Gasteiger partial charge in [0.1, 0.15) is 5.75 Å². The molecule has 0 spiro atoms. The fourth-order valence-electron chi connectivity index (χ4n) is 1.65. The smallest absolute Gasteiger partial charge is 0.312 e. The quantitative estimate of drug-likeness (QED) is 0.395. The minimum atomic E-state index is -0.516. The number of halogens is 2. The van der Waals surface area contributed by atoms with Crippen LogP contribution in [0.4, 0.5) is 5.69 Å². The first-order valence-electron chi connectivity index (χ1n) is 5.81. The zero-order valence-corrected chi connectivity index (χ0v) is 14.0. The fourth-order valence-corrected chi connectivity index (χ4v) is 2.55. The van der Waals surface area contributed by atoms with Crippen LogP contribution in [0.3, 0.4) is 0 Å². The normalized spacial score (nSPS) is 10.2. The van der Waals surface area contributed by atoms with Crippen LogP contribution in [0.15, 0.2) is 45.3 Å². The van der Waals surface area contributed by atoms with Crippen molar-refractivity contribution in [3.05, 3.63) is 61.0 Å². The van der Waals surface area contributed by atoms with Gasteiger partial charge < -0.3 is 4.74 Å². The third-order valence-electron chi connectivity index (χ3n) is 2.69. The molecule has 0 atom stereocenters. The zero-order valence-electron chi connectivity index (χ0n) is 10.8. The lowest BCUT2D eigenvalue weighted by Gasteiger charge is -2.10. The van der Waals surface area contributed by atoms with E-state index in [2.05, 4.69) is 31.9 Å². The number of ketones is 1. The highest BCUT2D eigenvalue weighted by atomic mass is 79.9. The van der Waals surface area contributed by atoms with E-state index in [0.29, 0.717) is 20.3 Å². The Morgan fingerprint density at radius 2 is 1.90 bits per heavy atom. The van der Waals surface area contributed by atoms with Crippen molar-refractivity contribution >= 4 is 43.3 Å². The highest BCUT2D eigenvalue weighted by Crippen LogP contribution is 2.40. The molecule has 0 radical (unpaired) electrons. The molecule has 0 heterocycles. The number of carbonyl (C=O) groups excluding carboxylic acids is 1. The number of ether oxygens (including phenoxy) is 1. The molecule has 0 bridgehead atoms. The lowest BCUT2D eigenvalue weighted by atomic mass is 10.1. The summed E-state index contributed by atoms with van der Waals surface area (Å²) in [5, 5.41) is 11.0. The third kappa shape index (κ3) is 3.48. The average molecular weight is 415 g/mol. The van der Waals surface area contributed by atoms with E-state index in [1.165, 1.54) is 13.0 Å². The van der Waals surface area contributed by atoms with Crippen molar-refractivity contribution in [2.45, 2.75) is 6.92 Å². The van der Waals surface area contributed by atoms with Crippen molar-refractivity contribution in [1.82, 2.24) is 0 Å². The Morgan fingerprint density at radius 3 is 2.48 bits per heavy atom. The molecule has 0 saturated heterocycles. The number of nitro benzene ring substituents is 1. The van der Waals surface area contributed by atoms with Crippen LogP contribution in [0.2, 0.25) is 0 Å². The molecule has 2 aromatic carbocycles. The lowest BCUT2D eigenvalue weighted by molar-refractivity contribution is -0.385. The zero-order chi connectivity index (χ0) is 15.6. The van der Waals surface area contributed by atoms with Gasteiger partial charge in [-0.25, -0.2) is 0 Å². The molecule has 108 valence electrons. The molecular weight excluding hydrogens is 406 g/mol. The van der Waals surface area contributed by atoms with Gasteiger partial charge in [0, 0.05) is 11.6 Å². The Kier molecular flexibility index (Phi) is 4.74. The molecule has 0 saturated carbocycles. The highest BCUT2D eigenvalue weighted by Gasteiger charge is 2.19. The van der Waals surface area contributed by atoms with Crippen molar-refractivity contribution in [2.24, 2.45) is 0 Å². The van der Waals surface area contributed by atoms with Gasteiger partial charge in [0.15, 0.2) is 5.78 Å². The van der Waals surface area contributed by atoms with Gasteiger partial charge >= 0.3 is 5.69 Å². The Bertz CT molecular complexity index is 731. The third-order valence-corrected chi connectivity index (χ3v) is 3.94. The summed E-state index contributed by atoms with van der Waals surface area (Å²) in [5.41, 5.74) is 0.378. The number of nitrogens with zero attached hydrogens (tertiary/aromatic N) is 1. The Labute approximate surface area is 137 Å². The van der Waals surface area contributed by atoms with Gasteiger partial charge in [-0.2, -0.15) is 0 Å². The number of carbonyl (C=O) groups is 1. The number of para-hydroxylation sites is 1. The van der Waals surface area contributed by atoms with E-state index < -0.39 is 4.92 Å². The largest absolute Gasteiger partial charge is 0.448 e. The SMILES string of the molecule is CC(=O)c1ccc(Oc2c(Br)cccc2[N+](=O)[O-])c(Br)c1. The number of nitro groups is 1. The van der Waals surface area contributed by atoms with Crippen molar-refractivity contribution < 1.29 is 14.5 Å². The molecule has 0 aliphatic heterocycles. The van der Waals surface area contributed by atoms with E-state index in [9.17, 15) is 14.9 Å². The van der Waals surface area contributed by atoms with Crippen molar-refractivity contribution in [3.8, 4) is 11.5 Å². The summed E-state index contributed by atoms with van der Waals surface area (Å²) < 4.78 is 6.63. The maximum atomic E-state index is 11.3. The van der Waals surface area contributed by atoms with Gasteiger partial charge in [-0.05, 0) is 63.0 Å². The van der Waals surface area contributed by atoms with Crippen molar-refractivity contribution in [2.75, 3.05) is 0 Å². The molecule has 0 aromatic heterocycles. The first-order chi connectivity index (χ1) is 9.90. The molecule has 2 aromatic rings. The Balaban J connectivity index is 2.44. The molecular formula is C14H9Br2NO4. The number of hydrogen-bond donors (Lipinski definition) is 0. The van der Waals surface area contributed by atoms with Crippen LogP contribution in [0.1, 0.15) is 17.3 Å². The number of rotatable bonds is 4. The van der Waals surface area contributed by atoms with Gasteiger partial charge in [0.25, 0.3) is 0 Å². The first kappa shape index (κ1) is 15.7. The van der Waals surface area contributed by atoms with Crippen molar-refractivity contribution in [1.29, 1.82) is 0 Å². The number of benzene rings is 2. The predicted molar refractivity (Wildman–Crippen MR) is 85.0 cm³/mol. The Morgan fingerprint density at radius 1 is 1.19 bits per heavy atom. The molecule has 0 fully saturated rings. The summed E-state index contributed by atoms with van der Waals surface area (Å²) in [7, 11) is 0. The summed E-state index contributed by atoms with van der Waals surface area (Å²) >= 11 is 6.53. The number of hydrogen-bond acceptors (Lipinski definition) is 4. The average Bonchev–Trinajstić information content (AvgIpc) is 2.42. The maximum Gasteiger partial charge on any atom is 0.312 e. The fraction of sp³-hybridized carbons (Fsp3) is 0.0714. The molecule has 5 nitrogen and oxygen atoms in total. The topological polar surface area (TPSA) is 69.4 Å². The van der Waals surface area contributed by atoms with Crippen LogP contribution in [-0.2, 0) is 0 Å². The van der Waals surface area contributed by atoms with Crippen LogP contribution < -0.4 is 4.74 Å². The highest BCUT2D eigenvalue weighted by molar-refractivity contribution is 9.11. The van der Waals surface area contributed by atoms with Gasteiger partial charge in [0.05, 0.1) is 13.9 Å². The molecule has 21 heavy (non-hydrogen) atoms. The predicted octanol–water partition coefficient (Wildman–Crippen LogP) is 5.11. The summed E-state index contributed by atoms with van der Waals surface area (Å²) in [6.07, 6.45) is 0. The minimum absolute atomic E-state index is 0.0749. The van der Waals surface area contributed by atoms with E-state index in [4.69, 9.17) is 4.74 Å². The van der Waals surface area contributed by atoms with Crippen LogP contribution in [0.5, 0.6) is 11.5 Å². The minimum Gasteiger partial charge on any atom is -0.448 e. The van der Waals surface area contributed by atoms with E-state index in [1.807, 2.05) is 0 Å².